The molecule has 1 aromatic carbocycles. The number of carbonyl (C=O) groups excluding carboxylic acids is 7. The fourth-order valence-corrected chi connectivity index (χ4v) is 7.75. The van der Waals surface area contributed by atoms with Gasteiger partial charge in [0.2, 0.25) is 33.5 Å². The van der Waals surface area contributed by atoms with E-state index in [4.69, 9.17) is 0 Å². The van der Waals surface area contributed by atoms with E-state index in [9.17, 15) is 42.0 Å². The Kier molecular flexibility index (Phi) is 18.9. The molecule has 0 aliphatic heterocycles. The lowest BCUT2D eigenvalue weighted by molar-refractivity contribution is -0.141. The predicted octanol–water partition coefficient (Wildman–Crippen LogP) is 1.83. The number of hydrogen-bond acceptors (Lipinski definition) is 11. The highest BCUT2D eigenvalue weighted by atomic mass is 32.2. The van der Waals surface area contributed by atoms with Crippen molar-refractivity contribution in [2.75, 3.05) is 6.54 Å². The maximum atomic E-state index is 14.0. The molecule has 2 aromatic rings. The first-order valence-electron chi connectivity index (χ1n) is 19.9. The maximum absolute atomic E-state index is 14.0. The Balaban J connectivity index is 1.71. The van der Waals surface area contributed by atoms with Crippen LogP contribution in [0.4, 0.5) is 0 Å². The number of nitrogens with one attached hydrogen (secondary N) is 6. The molecule has 6 amide bonds. The van der Waals surface area contributed by atoms with E-state index in [0.29, 0.717) is 12.0 Å². The first-order chi connectivity index (χ1) is 27.5. The van der Waals surface area contributed by atoms with Gasteiger partial charge < -0.3 is 26.6 Å². The number of sulfonamides is 1. The molecule has 0 radical (unpaired) electrons. The molecular weight excluding hydrogens is 769 g/mol. The van der Waals surface area contributed by atoms with E-state index in [-0.39, 0.29) is 36.8 Å². The third-order valence-electron chi connectivity index (χ3n) is 9.99. The summed E-state index contributed by atoms with van der Waals surface area (Å²) in [6, 6.07) is 3.59. The number of rotatable bonds is 22. The lowest BCUT2D eigenvalue weighted by Gasteiger charge is -2.31. The molecule has 1 heterocycles. The number of nitrogens with zero attached hydrogens (tertiary/aromatic N) is 2. The Morgan fingerprint density at radius 1 is 0.776 bits per heavy atom. The summed E-state index contributed by atoms with van der Waals surface area (Å²) >= 11 is 0. The Labute approximate surface area is 340 Å². The minimum Gasteiger partial charge on any atom is -0.344 e. The fraction of sp³-hybridized carbons (Fsp3) is 0.575. The van der Waals surface area contributed by atoms with E-state index in [1.54, 1.807) is 44.2 Å². The number of amides is 6. The monoisotopic (exact) mass is 826 g/mol. The van der Waals surface area contributed by atoms with Crippen LogP contribution in [0.2, 0.25) is 0 Å². The lowest BCUT2D eigenvalue weighted by Crippen LogP contribution is -2.60. The second-order valence-corrected chi connectivity index (χ2v) is 16.9. The standard InChI is InChI=1S/C40H58N8O9S/c1-6-26(5)34(47-37(52)30(20-25(3)4)45-38(53)32-22-41-18-19-42-32)39(54)46-31(21-27-14-10-8-11-15-27)36(51)44-29(7-2)35(50)40(55)43-23-33(49)48-58(56,57)24-28-16-12-9-13-17-28/h9,12-13,16-19,22,25-27,29-31,34H,6-8,10-11,14-15,20-21,23-24H2,1-5H3,(H,43,55)(H,44,51)(H,45,53)(H,46,54)(H,47,52)(H,48,49)/t26?,29-,30-,31-,34?/m0/s1. The normalized spacial score (nSPS) is 15.8. The average molecular weight is 827 g/mol. The van der Waals surface area contributed by atoms with Crippen LogP contribution in [0.25, 0.3) is 0 Å². The van der Waals surface area contributed by atoms with Gasteiger partial charge in [-0.15, -0.1) is 0 Å². The Bertz CT molecular complexity index is 1820. The minimum absolute atomic E-state index is 0.00752. The smallest absolute Gasteiger partial charge is 0.290 e. The summed E-state index contributed by atoms with van der Waals surface area (Å²) in [5.41, 5.74) is 0.464. The van der Waals surface area contributed by atoms with Crippen LogP contribution in [0.1, 0.15) is 108 Å². The third-order valence-corrected chi connectivity index (χ3v) is 11.2. The number of aromatic nitrogens is 2. The number of hydrogen-bond donors (Lipinski definition) is 6. The molecule has 3 rings (SSSR count). The Morgan fingerprint density at radius 2 is 1.43 bits per heavy atom. The highest BCUT2D eigenvalue weighted by Gasteiger charge is 2.35. The molecule has 6 N–H and O–H groups in total. The van der Waals surface area contributed by atoms with Crippen molar-refractivity contribution in [3.8, 4) is 0 Å². The molecule has 58 heavy (non-hydrogen) atoms. The van der Waals surface area contributed by atoms with Crippen molar-refractivity contribution in [2.24, 2.45) is 17.8 Å². The van der Waals surface area contributed by atoms with Crippen molar-refractivity contribution in [1.29, 1.82) is 0 Å². The molecule has 0 bridgehead atoms. The summed E-state index contributed by atoms with van der Waals surface area (Å²) in [6.07, 6.45) is 9.64. The Morgan fingerprint density at radius 3 is 2.03 bits per heavy atom. The van der Waals surface area contributed by atoms with Crippen LogP contribution in [0.15, 0.2) is 48.9 Å². The highest BCUT2D eigenvalue weighted by Crippen LogP contribution is 2.27. The summed E-state index contributed by atoms with van der Waals surface area (Å²) in [4.78, 5) is 101. The van der Waals surface area contributed by atoms with E-state index < -0.39 is 93.6 Å². The molecule has 5 atom stereocenters. The molecule has 318 valence electrons. The molecule has 1 aromatic heterocycles. The van der Waals surface area contributed by atoms with Gasteiger partial charge in [0.15, 0.2) is 0 Å². The molecule has 0 saturated heterocycles. The van der Waals surface area contributed by atoms with Crippen molar-refractivity contribution in [1.82, 2.24) is 41.3 Å². The zero-order chi connectivity index (χ0) is 42.8. The van der Waals surface area contributed by atoms with Gasteiger partial charge in [-0.05, 0) is 42.6 Å². The zero-order valence-electron chi connectivity index (χ0n) is 33.9. The van der Waals surface area contributed by atoms with Crippen molar-refractivity contribution in [3.05, 3.63) is 60.2 Å². The lowest BCUT2D eigenvalue weighted by atomic mass is 9.84. The SMILES string of the molecule is CCC(C)C(NC(=O)[C@H](CC(C)C)NC(=O)c1cnccn1)C(=O)N[C@@H](CC1CCCCC1)C(=O)N[C@@H](CC)C(=O)C(=O)NCC(=O)NS(=O)(=O)Cc1ccccc1. The molecule has 1 fully saturated rings. The van der Waals surface area contributed by atoms with Crippen molar-refractivity contribution < 1.29 is 42.0 Å². The van der Waals surface area contributed by atoms with E-state index >= 15 is 0 Å². The molecule has 1 saturated carbocycles. The zero-order valence-corrected chi connectivity index (χ0v) is 34.7. The van der Waals surface area contributed by atoms with E-state index in [1.807, 2.05) is 25.5 Å². The fourth-order valence-electron chi connectivity index (χ4n) is 6.63. The number of benzene rings is 1. The average Bonchev–Trinajstić information content (AvgIpc) is 3.20. The van der Waals surface area contributed by atoms with Gasteiger partial charge in [-0.2, -0.15) is 0 Å². The van der Waals surface area contributed by atoms with Crippen LogP contribution >= 0.6 is 0 Å². The van der Waals surface area contributed by atoms with Crippen LogP contribution in [0, 0.1) is 17.8 Å². The van der Waals surface area contributed by atoms with Crippen molar-refractivity contribution >= 4 is 51.2 Å². The number of Topliss-reactive ketones (excluding diaryl/α,β-unsaturated/α-hetero) is 1. The van der Waals surface area contributed by atoms with Gasteiger partial charge in [-0.25, -0.2) is 13.4 Å². The molecular formula is C40H58N8O9S. The van der Waals surface area contributed by atoms with Crippen molar-refractivity contribution in [2.45, 2.75) is 122 Å². The highest BCUT2D eigenvalue weighted by molar-refractivity contribution is 7.89. The van der Waals surface area contributed by atoms with Crippen molar-refractivity contribution in [3.63, 3.8) is 0 Å². The van der Waals surface area contributed by atoms with Crippen LogP contribution < -0.4 is 31.3 Å². The van der Waals surface area contributed by atoms with E-state index in [0.717, 1.165) is 32.1 Å². The number of carbonyl (C=O) groups is 7. The second kappa shape index (κ2) is 23.2. The van der Waals surface area contributed by atoms with Gasteiger partial charge in [0.05, 0.1) is 24.5 Å². The van der Waals surface area contributed by atoms with Gasteiger partial charge in [0.25, 0.3) is 17.7 Å². The number of ketones is 1. The van der Waals surface area contributed by atoms with Gasteiger partial charge >= 0.3 is 0 Å². The quantitative estimate of drug-likeness (QED) is 0.0935. The largest absolute Gasteiger partial charge is 0.344 e. The molecule has 1 aliphatic carbocycles. The summed E-state index contributed by atoms with van der Waals surface area (Å²) in [5, 5.41) is 13.0. The summed E-state index contributed by atoms with van der Waals surface area (Å²) in [6.45, 7) is 8.16. The molecule has 17 nitrogen and oxygen atoms in total. The van der Waals surface area contributed by atoms with Crippen LogP contribution in [-0.2, 0) is 44.5 Å². The molecule has 0 spiro atoms. The topological polar surface area (TPSA) is 252 Å². The summed E-state index contributed by atoms with van der Waals surface area (Å²) in [7, 11) is -4.09. The first kappa shape index (κ1) is 47.1. The maximum Gasteiger partial charge on any atom is 0.290 e. The Hall–Kier alpha value is -5.26. The molecule has 18 heteroatoms. The van der Waals surface area contributed by atoms with Gasteiger partial charge in [-0.1, -0.05) is 103 Å². The minimum atomic E-state index is -4.09. The predicted molar refractivity (Wildman–Crippen MR) is 215 cm³/mol. The van der Waals surface area contributed by atoms with Gasteiger partial charge in [0, 0.05) is 12.4 Å². The van der Waals surface area contributed by atoms with Crippen LogP contribution in [0.3, 0.4) is 0 Å². The third kappa shape index (κ3) is 15.6. The molecule has 1 aliphatic rings. The van der Waals surface area contributed by atoms with Gasteiger partial charge in [-0.3, -0.25) is 43.3 Å². The first-order valence-corrected chi connectivity index (χ1v) is 21.6. The van der Waals surface area contributed by atoms with Crippen LogP contribution in [-0.4, -0.2) is 90.3 Å². The van der Waals surface area contributed by atoms with E-state index in [1.165, 1.54) is 18.6 Å². The summed E-state index contributed by atoms with van der Waals surface area (Å²) < 4.78 is 26.7. The molecule has 2 unspecified atom stereocenters. The second-order valence-electron chi connectivity index (χ2n) is 15.2. The summed E-state index contributed by atoms with van der Waals surface area (Å²) in [5.74, 6) is -6.66. The van der Waals surface area contributed by atoms with Gasteiger partial charge in [0.1, 0.15) is 23.8 Å². The van der Waals surface area contributed by atoms with Crippen LogP contribution in [0.5, 0.6) is 0 Å². The van der Waals surface area contributed by atoms with E-state index in [2.05, 4.69) is 36.6 Å².